The minimum Gasteiger partial charge on any atom is -0.460 e. The molecule has 21 heavy (non-hydrogen) atoms. The van der Waals surface area contributed by atoms with E-state index in [2.05, 4.69) is 45.7 Å². The number of hydrogen-bond acceptors (Lipinski definition) is 3. The fourth-order valence-electron chi connectivity index (χ4n) is 2.20. The van der Waals surface area contributed by atoms with Crippen LogP contribution in [0.15, 0.2) is 0 Å². The van der Waals surface area contributed by atoms with Crippen LogP contribution in [-0.4, -0.2) is 27.0 Å². The van der Waals surface area contributed by atoms with Crippen LogP contribution < -0.4 is 0 Å². The molecule has 1 fully saturated rings. The Morgan fingerprint density at radius 1 is 1.43 bits per heavy atom. The smallest absolute Gasteiger partial charge is 0.312 e. The lowest BCUT2D eigenvalue weighted by Crippen LogP contribution is -2.42. The Bertz CT molecular complexity index is 439. The maximum Gasteiger partial charge on any atom is 0.312 e. The van der Waals surface area contributed by atoms with Crippen LogP contribution in [0, 0.1) is 17.3 Å². The summed E-state index contributed by atoms with van der Waals surface area (Å²) in [5.74, 6) is 5.81. The maximum atomic E-state index is 12.1. The third-order valence-electron chi connectivity index (χ3n) is 4.86. The third-order valence-corrected chi connectivity index (χ3v) is 9.36. The minimum atomic E-state index is -1.79. The van der Waals surface area contributed by atoms with Crippen molar-refractivity contribution in [2.45, 2.75) is 78.1 Å². The van der Waals surface area contributed by atoms with Crippen LogP contribution in [0.3, 0.4) is 0 Å². The van der Waals surface area contributed by atoms with Crippen molar-refractivity contribution in [2.24, 2.45) is 5.41 Å². The van der Waals surface area contributed by atoms with E-state index in [9.17, 15) is 4.79 Å². The highest BCUT2D eigenvalue weighted by atomic mass is 28.4. The monoisotopic (exact) mass is 310 g/mol. The molecule has 0 aromatic carbocycles. The first-order valence-electron chi connectivity index (χ1n) is 7.76. The van der Waals surface area contributed by atoms with Crippen LogP contribution in [0.1, 0.15) is 53.9 Å². The molecule has 2 atom stereocenters. The second-order valence-corrected chi connectivity index (χ2v) is 12.6. The van der Waals surface area contributed by atoms with Crippen molar-refractivity contribution < 1.29 is 14.0 Å². The Balaban J connectivity index is 2.57. The Morgan fingerprint density at radius 3 is 2.57 bits per heavy atom. The lowest BCUT2D eigenvalue weighted by atomic mass is 9.82. The van der Waals surface area contributed by atoms with E-state index in [0.717, 1.165) is 19.3 Å². The van der Waals surface area contributed by atoms with Crippen molar-refractivity contribution in [3.8, 4) is 11.8 Å². The predicted molar refractivity (Wildman–Crippen MR) is 88.4 cm³/mol. The van der Waals surface area contributed by atoms with Gasteiger partial charge in [-0.3, -0.25) is 4.79 Å². The normalized spacial score (nSPS) is 26.2. The van der Waals surface area contributed by atoms with E-state index < -0.39 is 13.7 Å². The van der Waals surface area contributed by atoms with Gasteiger partial charge in [0.05, 0.1) is 12.0 Å². The molecule has 1 heterocycles. The standard InChI is InChI=1S/C17H30O3Si/c1-8-9-10-11-17(5)12-14(20-15(17)18)13-19-21(6,7)16(2,3)4/h14H,10-13H2,1-7H3/t14-,17+/m0/s1. The first-order chi connectivity index (χ1) is 9.52. The molecule has 0 unspecified atom stereocenters. The minimum absolute atomic E-state index is 0.0933. The summed E-state index contributed by atoms with van der Waals surface area (Å²) >= 11 is 0. The molecule has 0 aromatic heterocycles. The highest BCUT2D eigenvalue weighted by molar-refractivity contribution is 6.74. The molecule has 1 saturated heterocycles. The molecule has 120 valence electrons. The largest absolute Gasteiger partial charge is 0.460 e. The van der Waals surface area contributed by atoms with Crippen molar-refractivity contribution in [1.29, 1.82) is 0 Å². The van der Waals surface area contributed by atoms with Crippen molar-refractivity contribution in [2.75, 3.05) is 6.61 Å². The van der Waals surface area contributed by atoms with Gasteiger partial charge in [0.1, 0.15) is 6.10 Å². The Labute approximate surface area is 130 Å². The van der Waals surface area contributed by atoms with E-state index in [1.165, 1.54) is 0 Å². The second-order valence-electron chi connectivity index (χ2n) is 7.79. The highest BCUT2D eigenvalue weighted by Gasteiger charge is 2.46. The molecule has 1 rings (SSSR count). The summed E-state index contributed by atoms with van der Waals surface area (Å²) in [6, 6.07) is 0. The van der Waals surface area contributed by atoms with Gasteiger partial charge < -0.3 is 9.16 Å². The predicted octanol–water partition coefficient (Wildman–Crippen LogP) is 4.13. The number of ether oxygens (including phenoxy) is 1. The van der Waals surface area contributed by atoms with E-state index in [-0.39, 0.29) is 17.1 Å². The van der Waals surface area contributed by atoms with Crippen LogP contribution in [-0.2, 0) is 14.0 Å². The fraction of sp³-hybridized carbons (Fsp3) is 0.824. The lowest BCUT2D eigenvalue weighted by Gasteiger charge is -2.36. The van der Waals surface area contributed by atoms with E-state index in [0.29, 0.717) is 6.61 Å². The van der Waals surface area contributed by atoms with Crippen LogP contribution in [0.5, 0.6) is 0 Å². The van der Waals surface area contributed by atoms with Crippen molar-refractivity contribution in [3.63, 3.8) is 0 Å². The average Bonchev–Trinajstić information content (AvgIpc) is 2.62. The first-order valence-corrected chi connectivity index (χ1v) is 10.7. The Morgan fingerprint density at radius 2 is 2.05 bits per heavy atom. The maximum absolute atomic E-state index is 12.1. The summed E-state index contributed by atoms with van der Waals surface area (Å²) in [6.07, 6.45) is 2.15. The zero-order valence-electron chi connectivity index (χ0n) is 14.6. The zero-order chi connectivity index (χ0) is 16.3. The van der Waals surface area contributed by atoms with Crippen LogP contribution in [0.4, 0.5) is 0 Å². The molecule has 0 amide bonds. The van der Waals surface area contributed by atoms with E-state index >= 15 is 0 Å². The summed E-state index contributed by atoms with van der Waals surface area (Å²) in [6.45, 7) is 15.4. The zero-order valence-corrected chi connectivity index (χ0v) is 15.6. The van der Waals surface area contributed by atoms with E-state index in [4.69, 9.17) is 9.16 Å². The average molecular weight is 311 g/mol. The molecule has 3 nitrogen and oxygen atoms in total. The van der Waals surface area contributed by atoms with E-state index in [1.54, 1.807) is 0 Å². The van der Waals surface area contributed by atoms with Crippen LogP contribution >= 0.6 is 0 Å². The molecular formula is C17H30O3Si. The third kappa shape index (κ3) is 4.59. The number of rotatable bonds is 5. The molecule has 0 spiro atoms. The molecule has 1 aliphatic rings. The summed E-state index contributed by atoms with van der Waals surface area (Å²) in [4.78, 5) is 12.1. The van der Waals surface area contributed by atoms with Crippen LogP contribution in [0.25, 0.3) is 0 Å². The van der Waals surface area contributed by atoms with Gasteiger partial charge in [0.15, 0.2) is 8.32 Å². The molecule has 1 aliphatic heterocycles. The molecule has 0 aromatic rings. The molecule has 0 saturated carbocycles. The molecule has 0 radical (unpaired) electrons. The number of carbonyl (C=O) groups is 1. The Hall–Kier alpha value is -0.793. The molecule has 0 aliphatic carbocycles. The number of hydrogen-bond donors (Lipinski definition) is 0. The molecular weight excluding hydrogens is 280 g/mol. The van der Waals surface area contributed by atoms with Gasteiger partial charge in [-0.1, -0.05) is 20.8 Å². The number of carbonyl (C=O) groups excluding carboxylic acids is 1. The first kappa shape index (κ1) is 18.3. The topological polar surface area (TPSA) is 35.5 Å². The number of esters is 1. The van der Waals surface area contributed by atoms with Crippen molar-refractivity contribution in [3.05, 3.63) is 0 Å². The van der Waals surface area contributed by atoms with Crippen LogP contribution in [0.2, 0.25) is 18.1 Å². The summed E-state index contributed by atoms with van der Waals surface area (Å²) in [5, 5.41) is 0.176. The van der Waals surface area contributed by atoms with Crippen molar-refractivity contribution >= 4 is 14.3 Å². The van der Waals surface area contributed by atoms with Gasteiger partial charge in [-0.15, -0.1) is 11.8 Å². The van der Waals surface area contributed by atoms with Gasteiger partial charge in [-0.2, -0.15) is 0 Å². The fourth-order valence-corrected chi connectivity index (χ4v) is 3.23. The van der Waals surface area contributed by atoms with Crippen molar-refractivity contribution in [1.82, 2.24) is 0 Å². The number of cyclic esters (lactones) is 1. The Kier molecular flexibility index (Phi) is 5.68. The highest BCUT2D eigenvalue weighted by Crippen LogP contribution is 2.40. The molecule has 0 bridgehead atoms. The van der Waals surface area contributed by atoms with Gasteiger partial charge >= 0.3 is 5.97 Å². The van der Waals surface area contributed by atoms with Gasteiger partial charge in [-0.05, 0) is 38.4 Å². The van der Waals surface area contributed by atoms with Gasteiger partial charge in [0.25, 0.3) is 0 Å². The SMILES string of the molecule is CC#CCC[C@]1(C)C[C@@H](CO[Si](C)(C)C(C)(C)C)OC1=O. The van der Waals surface area contributed by atoms with E-state index in [1.807, 2.05) is 13.8 Å². The van der Waals surface area contributed by atoms with Gasteiger partial charge in [0, 0.05) is 12.8 Å². The van der Waals surface area contributed by atoms with Gasteiger partial charge in [-0.25, -0.2) is 0 Å². The van der Waals surface area contributed by atoms with Gasteiger partial charge in [0.2, 0.25) is 0 Å². The molecule has 4 heteroatoms. The summed E-state index contributed by atoms with van der Waals surface area (Å²) in [5.41, 5.74) is -0.398. The summed E-state index contributed by atoms with van der Waals surface area (Å²) < 4.78 is 11.7. The summed E-state index contributed by atoms with van der Waals surface area (Å²) in [7, 11) is -1.79. The molecule has 0 N–H and O–H groups in total. The lowest BCUT2D eigenvalue weighted by molar-refractivity contribution is -0.149. The quantitative estimate of drug-likeness (QED) is 0.435. The second kappa shape index (κ2) is 6.54.